The van der Waals surface area contributed by atoms with E-state index in [1.54, 1.807) is 0 Å². The Morgan fingerprint density at radius 1 is 0.449 bits per heavy atom. The third-order valence-corrected chi connectivity index (χ3v) is 10.9. The first kappa shape index (κ1) is 27.9. The summed E-state index contributed by atoms with van der Waals surface area (Å²) >= 11 is 1.86. The fourth-order valence-electron chi connectivity index (χ4n) is 7.45. The molecule has 0 bridgehead atoms. The minimum Gasteiger partial charge on any atom is -0.455 e. The van der Waals surface area contributed by atoms with E-state index in [9.17, 15) is 0 Å². The molecular formula is C46H29NOS. The van der Waals surface area contributed by atoms with Gasteiger partial charge in [-0.15, -0.1) is 11.3 Å². The van der Waals surface area contributed by atoms with Gasteiger partial charge in [0.25, 0.3) is 0 Å². The summed E-state index contributed by atoms with van der Waals surface area (Å²) in [4.78, 5) is 2.45. The van der Waals surface area contributed by atoms with E-state index in [4.69, 9.17) is 4.42 Å². The fraction of sp³-hybridized carbons (Fsp3) is 0. The molecule has 0 unspecified atom stereocenters. The summed E-state index contributed by atoms with van der Waals surface area (Å²) in [5.41, 5.74) is 9.90. The predicted molar refractivity (Wildman–Crippen MR) is 210 cm³/mol. The number of anilines is 3. The van der Waals surface area contributed by atoms with Gasteiger partial charge in [-0.25, -0.2) is 0 Å². The number of nitrogens with zero attached hydrogens (tertiary/aromatic N) is 1. The second-order valence-electron chi connectivity index (χ2n) is 12.5. The Morgan fingerprint density at radius 3 is 2.08 bits per heavy atom. The van der Waals surface area contributed by atoms with E-state index in [0.29, 0.717) is 0 Å². The molecule has 0 aliphatic carbocycles. The molecule has 3 heteroatoms. The van der Waals surface area contributed by atoms with E-state index < -0.39 is 0 Å². The first-order valence-corrected chi connectivity index (χ1v) is 17.4. The van der Waals surface area contributed by atoms with Gasteiger partial charge < -0.3 is 9.32 Å². The van der Waals surface area contributed by atoms with Crippen LogP contribution in [-0.2, 0) is 0 Å². The second-order valence-corrected chi connectivity index (χ2v) is 13.5. The zero-order valence-electron chi connectivity index (χ0n) is 26.5. The number of thiophene rings is 1. The molecule has 0 amide bonds. The second kappa shape index (κ2) is 11.2. The molecule has 0 atom stereocenters. The molecule has 0 saturated carbocycles. The smallest absolute Gasteiger partial charge is 0.143 e. The van der Waals surface area contributed by atoms with Crippen molar-refractivity contribution in [2.75, 3.05) is 4.90 Å². The lowest BCUT2D eigenvalue weighted by Gasteiger charge is -2.29. The Hall–Kier alpha value is -6.16. The maximum atomic E-state index is 6.58. The quantitative estimate of drug-likeness (QED) is 0.186. The summed E-state index contributed by atoms with van der Waals surface area (Å²) in [7, 11) is 0. The van der Waals surface area contributed by atoms with Crippen molar-refractivity contribution in [3.8, 4) is 22.3 Å². The first-order chi connectivity index (χ1) is 24.3. The van der Waals surface area contributed by atoms with Crippen molar-refractivity contribution in [2.45, 2.75) is 0 Å². The highest BCUT2D eigenvalue weighted by atomic mass is 32.1. The predicted octanol–water partition coefficient (Wildman–Crippen LogP) is 13.9. The Morgan fingerprint density at radius 2 is 1.14 bits per heavy atom. The molecular weight excluding hydrogens is 615 g/mol. The number of hydrogen-bond acceptors (Lipinski definition) is 3. The van der Waals surface area contributed by atoms with Crippen molar-refractivity contribution in [1.29, 1.82) is 0 Å². The Kier molecular flexibility index (Phi) is 6.39. The van der Waals surface area contributed by atoms with Crippen LogP contribution in [0.4, 0.5) is 17.1 Å². The van der Waals surface area contributed by atoms with Gasteiger partial charge in [0.1, 0.15) is 11.2 Å². The van der Waals surface area contributed by atoms with Crippen LogP contribution in [-0.4, -0.2) is 0 Å². The fourth-order valence-corrected chi connectivity index (χ4v) is 8.66. The van der Waals surface area contributed by atoms with E-state index >= 15 is 0 Å². The minimum absolute atomic E-state index is 0.899. The highest BCUT2D eigenvalue weighted by Crippen LogP contribution is 2.48. The van der Waals surface area contributed by atoms with Gasteiger partial charge in [0.15, 0.2) is 0 Å². The molecule has 49 heavy (non-hydrogen) atoms. The van der Waals surface area contributed by atoms with Gasteiger partial charge in [-0.1, -0.05) is 133 Å². The normalized spacial score (nSPS) is 11.7. The number of para-hydroxylation sites is 1. The Bertz CT molecular complexity index is 2840. The number of benzene rings is 8. The van der Waals surface area contributed by atoms with Crippen LogP contribution in [0.1, 0.15) is 0 Å². The van der Waals surface area contributed by atoms with E-state index in [2.05, 4.69) is 181 Å². The number of fused-ring (bicyclic) bond motifs is 8. The molecule has 0 fully saturated rings. The largest absolute Gasteiger partial charge is 0.455 e. The highest BCUT2D eigenvalue weighted by Gasteiger charge is 2.22. The van der Waals surface area contributed by atoms with Crippen molar-refractivity contribution < 1.29 is 4.42 Å². The van der Waals surface area contributed by atoms with E-state index in [0.717, 1.165) is 55.5 Å². The lowest BCUT2D eigenvalue weighted by atomic mass is 9.97. The zero-order chi connectivity index (χ0) is 32.3. The highest BCUT2D eigenvalue weighted by molar-refractivity contribution is 7.26. The van der Waals surface area contributed by atoms with Crippen molar-refractivity contribution in [3.05, 3.63) is 176 Å². The lowest BCUT2D eigenvalue weighted by Crippen LogP contribution is -2.11. The first-order valence-electron chi connectivity index (χ1n) is 16.6. The van der Waals surface area contributed by atoms with Crippen molar-refractivity contribution in [1.82, 2.24) is 0 Å². The van der Waals surface area contributed by atoms with Gasteiger partial charge in [0, 0.05) is 42.9 Å². The minimum atomic E-state index is 0.899. The van der Waals surface area contributed by atoms with Gasteiger partial charge in [-0.05, 0) is 64.5 Å². The van der Waals surface area contributed by atoms with Gasteiger partial charge in [-0.2, -0.15) is 0 Å². The topological polar surface area (TPSA) is 16.4 Å². The molecule has 0 aliphatic rings. The SMILES string of the molecule is c1ccc(-c2ccccc2N(c2cccc(-c3cccc4oc5c6ccccc6ccc5c34)c2)c2cccc3c2sc2ccccc23)cc1. The van der Waals surface area contributed by atoms with Crippen molar-refractivity contribution >= 4 is 81.3 Å². The van der Waals surface area contributed by atoms with Gasteiger partial charge in [-0.3, -0.25) is 0 Å². The summed E-state index contributed by atoms with van der Waals surface area (Å²) in [5.74, 6) is 0. The maximum absolute atomic E-state index is 6.58. The summed E-state index contributed by atoms with van der Waals surface area (Å²) in [6.45, 7) is 0. The van der Waals surface area contributed by atoms with Crippen LogP contribution in [0.2, 0.25) is 0 Å². The molecule has 0 aliphatic heterocycles. The van der Waals surface area contributed by atoms with Crippen LogP contribution in [0, 0.1) is 0 Å². The van der Waals surface area contributed by atoms with Crippen LogP contribution < -0.4 is 4.90 Å². The van der Waals surface area contributed by atoms with Crippen molar-refractivity contribution in [3.63, 3.8) is 0 Å². The molecule has 0 saturated heterocycles. The molecule has 2 heterocycles. The van der Waals surface area contributed by atoms with Gasteiger partial charge in [0.05, 0.1) is 16.1 Å². The number of furan rings is 1. The van der Waals surface area contributed by atoms with Crippen LogP contribution in [0.5, 0.6) is 0 Å². The summed E-state index contributed by atoms with van der Waals surface area (Å²) < 4.78 is 9.14. The lowest BCUT2D eigenvalue weighted by molar-refractivity contribution is 0.673. The molecule has 230 valence electrons. The molecule has 10 rings (SSSR count). The average molecular weight is 644 g/mol. The van der Waals surface area contributed by atoms with E-state index in [-0.39, 0.29) is 0 Å². The molecule has 2 nitrogen and oxygen atoms in total. The van der Waals surface area contributed by atoms with Crippen LogP contribution >= 0.6 is 11.3 Å². The Balaban J connectivity index is 1.23. The van der Waals surface area contributed by atoms with E-state index in [1.807, 2.05) is 11.3 Å². The third-order valence-electron chi connectivity index (χ3n) is 9.66. The van der Waals surface area contributed by atoms with Gasteiger partial charge >= 0.3 is 0 Å². The zero-order valence-corrected chi connectivity index (χ0v) is 27.3. The molecule has 2 aromatic heterocycles. The summed E-state index contributed by atoms with van der Waals surface area (Å²) in [6, 6.07) is 63.2. The molecule has 10 aromatic rings. The van der Waals surface area contributed by atoms with Crippen molar-refractivity contribution in [2.24, 2.45) is 0 Å². The maximum Gasteiger partial charge on any atom is 0.143 e. The molecule has 0 radical (unpaired) electrons. The third kappa shape index (κ3) is 4.47. The van der Waals surface area contributed by atoms with Gasteiger partial charge in [0.2, 0.25) is 0 Å². The molecule has 8 aromatic carbocycles. The monoisotopic (exact) mass is 643 g/mol. The Labute approximate surface area is 287 Å². The molecule has 0 N–H and O–H groups in total. The van der Waals surface area contributed by atoms with Crippen LogP contribution in [0.25, 0.3) is 75.1 Å². The summed E-state index contributed by atoms with van der Waals surface area (Å²) in [6.07, 6.45) is 0. The van der Waals surface area contributed by atoms with Crippen LogP contribution in [0.15, 0.2) is 180 Å². The van der Waals surface area contributed by atoms with E-state index in [1.165, 1.54) is 36.7 Å². The summed E-state index contributed by atoms with van der Waals surface area (Å²) in [5, 5.41) is 7.16. The standard InChI is InChI=1S/C46H29NOS/c1-2-13-30(14-3-1)34-18-6-8-23-40(34)47(41-24-11-22-38-37-20-7-9-26-43(37)49-46(38)41)33-17-10-16-32(29-33)35-21-12-25-42-44(35)39-28-27-31-15-4-5-19-36(31)45(39)48-42/h1-29H. The number of rotatable bonds is 5. The number of hydrogen-bond donors (Lipinski definition) is 0. The molecule has 0 spiro atoms. The average Bonchev–Trinajstić information content (AvgIpc) is 3.75. The van der Waals surface area contributed by atoms with Crippen LogP contribution in [0.3, 0.4) is 0 Å².